The Morgan fingerprint density at radius 1 is 1.02 bits per heavy atom. The molecule has 0 aliphatic carbocycles. The molecule has 3 aromatic heterocycles. The highest BCUT2D eigenvalue weighted by atomic mass is 19.1. The number of pyridine rings is 1. The predicted molar refractivity (Wildman–Crippen MR) is 149 cm³/mol. The summed E-state index contributed by atoms with van der Waals surface area (Å²) < 4.78 is 26.6. The summed E-state index contributed by atoms with van der Waals surface area (Å²) >= 11 is 0. The molecule has 0 bridgehead atoms. The highest BCUT2D eigenvalue weighted by Gasteiger charge is 2.43. The number of ether oxygens (including phenoxy) is 2. The van der Waals surface area contributed by atoms with Crippen molar-refractivity contribution in [3.63, 3.8) is 0 Å². The van der Waals surface area contributed by atoms with Crippen LogP contribution in [0, 0.1) is 5.82 Å². The molecule has 2 aliphatic rings. The van der Waals surface area contributed by atoms with E-state index in [1.807, 2.05) is 30.3 Å². The Morgan fingerprint density at radius 3 is 2.61 bits per heavy atom. The topological polar surface area (TPSA) is 106 Å². The van der Waals surface area contributed by atoms with Gasteiger partial charge in [-0.3, -0.25) is 4.79 Å². The molecule has 0 saturated carbocycles. The van der Waals surface area contributed by atoms with Gasteiger partial charge in [-0.15, -0.1) is 0 Å². The first-order valence-electron chi connectivity index (χ1n) is 13.5. The number of nitrogens with one attached hydrogen (secondary N) is 1. The molecule has 1 saturated heterocycles. The molecule has 1 atom stereocenters. The summed E-state index contributed by atoms with van der Waals surface area (Å²) in [6.07, 6.45) is 3.15. The fourth-order valence-electron chi connectivity index (χ4n) is 5.75. The van der Waals surface area contributed by atoms with E-state index in [0.29, 0.717) is 54.9 Å². The van der Waals surface area contributed by atoms with Gasteiger partial charge in [-0.2, -0.15) is 0 Å². The van der Waals surface area contributed by atoms with Crippen LogP contribution >= 0.6 is 0 Å². The van der Waals surface area contributed by atoms with Crippen LogP contribution in [-0.2, 0) is 10.2 Å². The Bertz CT molecular complexity index is 1750. The zero-order valence-electron chi connectivity index (χ0n) is 22.6. The second-order valence-corrected chi connectivity index (χ2v) is 10.8. The Kier molecular flexibility index (Phi) is 6.01. The SMILES string of the molecule is CC(C)(c1nc2ncncc2[nH]1)[C@@H]1c2ccc(-c3ccc(C(=O)N4CCOCC4)cc3)nc2Oc2c(F)cccc21. The average molecular weight is 551 g/mol. The number of halogens is 1. The molecule has 206 valence electrons. The van der Waals surface area contributed by atoms with Crippen molar-refractivity contribution >= 4 is 17.1 Å². The van der Waals surface area contributed by atoms with Crippen molar-refractivity contribution in [2.24, 2.45) is 0 Å². The Morgan fingerprint density at radius 2 is 1.83 bits per heavy atom. The number of hydrogen-bond donors (Lipinski definition) is 1. The van der Waals surface area contributed by atoms with E-state index in [9.17, 15) is 4.79 Å². The molecule has 10 heteroatoms. The van der Waals surface area contributed by atoms with Gasteiger partial charge in [0, 0.05) is 46.7 Å². The number of rotatable bonds is 4. The van der Waals surface area contributed by atoms with Gasteiger partial charge in [0.2, 0.25) is 5.88 Å². The van der Waals surface area contributed by atoms with Gasteiger partial charge in [0.25, 0.3) is 5.91 Å². The fourth-order valence-corrected chi connectivity index (χ4v) is 5.75. The van der Waals surface area contributed by atoms with E-state index in [-0.39, 0.29) is 17.6 Å². The maximum atomic E-state index is 15.2. The minimum atomic E-state index is -0.619. The lowest BCUT2D eigenvalue weighted by Crippen LogP contribution is -2.40. The summed E-state index contributed by atoms with van der Waals surface area (Å²) in [5.41, 5.74) is 4.30. The number of hydrogen-bond acceptors (Lipinski definition) is 7. The first-order valence-corrected chi connectivity index (χ1v) is 13.5. The van der Waals surface area contributed by atoms with Crippen molar-refractivity contribution in [1.82, 2.24) is 29.8 Å². The van der Waals surface area contributed by atoms with Gasteiger partial charge in [-0.1, -0.05) is 44.2 Å². The molecule has 2 aromatic carbocycles. The van der Waals surface area contributed by atoms with Crippen LogP contribution in [0.15, 0.2) is 67.1 Å². The Hall–Kier alpha value is -4.70. The first kappa shape index (κ1) is 25.3. The van der Waals surface area contributed by atoms with E-state index in [4.69, 9.17) is 19.4 Å². The molecule has 41 heavy (non-hydrogen) atoms. The normalized spacial score (nSPS) is 16.7. The number of amides is 1. The lowest BCUT2D eigenvalue weighted by molar-refractivity contribution is 0.0303. The van der Waals surface area contributed by atoms with Crippen LogP contribution in [0.5, 0.6) is 11.6 Å². The van der Waals surface area contributed by atoms with Gasteiger partial charge in [0.05, 0.1) is 25.1 Å². The largest absolute Gasteiger partial charge is 0.435 e. The van der Waals surface area contributed by atoms with Gasteiger partial charge in [-0.05, 0) is 24.3 Å². The maximum Gasteiger partial charge on any atom is 0.254 e. The molecule has 0 radical (unpaired) electrons. The average Bonchev–Trinajstić information content (AvgIpc) is 3.46. The second kappa shape index (κ2) is 9.74. The van der Waals surface area contributed by atoms with Crippen molar-refractivity contribution in [3.8, 4) is 22.9 Å². The van der Waals surface area contributed by atoms with Gasteiger partial charge < -0.3 is 19.4 Å². The summed E-state index contributed by atoms with van der Waals surface area (Å²) in [6, 6.07) is 16.2. The number of carbonyl (C=O) groups excluding carboxylic acids is 1. The number of imidazole rings is 1. The van der Waals surface area contributed by atoms with E-state index >= 15 is 4.39 Å². The molecule has 5 heterocycles. The quantitative estimate of drug-likeness (QED) is 0.326. The molecule has 0 unspecified atom stereocenters. The van der Waals surface area contributed by atoms with Gasteiger partial charge in [0.15, 0.2) is 17.2 Å². The molecule has 1 amide bonds. The Labute approximate surface area is 235 Å². The zero-order chi connectivity index (χ0) is 28.1. The summed E-state index contributed by atoms with van der Waals surface area (Å²) in [5, 5.41) is 0. The molecule has 9 nitrogen and oxygen atoms in total. The minimum absolute atomic E-state index is 0.0182. The number of aromatic nitrogens is 5. The lowest BCUT2D eigenvalue weighted by Gasteiger charge is -2.37. The van der Waals surface area contributed by atoms with Crippen molar-refractivity contribution in [1.29, 1.82) is 0 Å². The van der Waals surface area contributed by atoms with Crippen molar-refractivity contribution in [2.75, 3.05) is 26.3 Å². The third-order valence-corrected chi connectivity index (χ3v) is 7.93. The minimum Gasteiger partial charge on any atom is -0.435 e. The summed E-state index contributed by atoms with van der Waals surface area (Å²) in [7, 11) is 0. The lowest BCUT2D eigenvalue weighted by atomic mass is 9.69. The van der Waals surface area contributed by atoms with Crippen LogP contribution in [0.4, 0.5) is 4.39 Å². The van der Waals surface area contributed by atoms with Crippen molar-refractivity contribution < 1.29 is 18.7 Å². The number of fused-ring (bicyclic) bond motifs is 3. The van der Waals surface area contributed by atoms with E-state index in [1.165, 1.54) is 12.4 Å². The standard InChI is InChI=1S/C31H27FN6O3/c1-31(2,30-36-24-16-33-17-34-27(24)37-30)25-20-4-3-5-22(32)26(20)41-28-21(25)10-11-23(35-28)18-6-8-19(9-7-18)29(39)38-12-14-40-15-13-38/h3-11,16-17,25H,12-15H2,1-2H3,(H,33,34,36,37)/t25-/m0/s1. The fraction of sp³-hybridized carbons (Fsp3) is 0.258. The van der Waals surface area contributed by atoms with Gasteiger partial charge in [-0.25, -0.2) is 24.3 Å². The van der Waals surface area contributed by atoms with Crippen LogP contribution in [0.2, 0.25) is 0 Å². The number of aromatic amines is 1. The van der Waals surface area contributed by atoms with Crippen LogP contribution in [0.25, 0.3) is 22.4 Å². The number of H-pyrrole nitrogens is 1. The summed E-state index contributed by atoms with van der Waals surface area (Å²) in [5.74, 6) is 0.400. The number of morpholine rings is 1. The molecule has 1 N–H and O–H groups in total. The first-order chi connectivity index (χ1) is 19.9. The molecule has 1 fully saturated rings. The third-order valence-electron chi connectivity index (χ3n) is 7.93. The van der Waals surface area contributed by atoms with Crippen LogP contribution in [0.1, 0.15) is 47.1 Å². The number of nitrogens with zero attached hydrogens (tertiary/aromatic N) is 5. The maximum absolute atomic E-state index is 15.2. The van der Waals surface area contributed by atoms with Gasteiger partial charge >= 0.3 is 0 Å². The molecular weight excluding hydrogens is 523 g/mol. The number of benzene rings is 2. The molecule has 5 aromatic rings. The highest BCUT2D eigenvalue weighted by molar-refractivity contribution is 5.94. The molecular formula is C31H27FN6O3. The second-order valence-electron chi connectivity index (χ2n) is 10.8. The third kappa shape index (κ3) is 4.31. The molecule has 0 spiro atoms. The van der Waals surface area contributed by atoms with Crippen LogP contribution in [-0.4, -0.2) is 62.0 Å². The van der Waals surface area contributed by atoms with E-state index in [0.717, 1.165) is 22.2 Å². The molecule has 7 rings (SSSR count). The van der Waals surface area contributed by atoms with E-state index in [2.05, 4.69) is 28.8 Å². The molecule has 2 aliphatic heterocycles. The van der Waals surface area contributed by atoms with Crippen molar-refractivity contribution in [3.05, 3.63) is 95.5 Å². The zero-order valence-corrected chi connectivity index (χ0v) is 22.6. The summed E-state index contributed by atoms with van der Waals surface area (Å²) in [4.78, 5) is 36.0. The number of carbonyl (C=O) groups is 1. The summed E-state index contributed by atoms with van der Waals surface area (Å²) in [6.45, 7) is 6.39. The predicted octanol–water partition coefficient (Wildman–Crippen LogP) is 5.24. The van der Waals surface area contributed by atoms with Gasteiger partial charge in [0.1, 0.15) is 17.7 Å². The monoisotopic (exact) mass is 550 g/mol. The number of para-hydroxylation sites is 1. The van der Waals surface area contributed by atoms with Crippen molar-refractivity contribution in [2.45, 2.75) is 25.2 Å². The van der Waals surface area contributed by atoms with Crippen LogP contribution < -0.4 is 4.74 Å². The van der Waals surface area contributed by atoms with Crippen LogP contribution in [0.3, 0.4) is 0 Å². The highest BCUT2D eigenvalue weighted by Crippen LogP contribution is 2.52. The van der Waals surface area contributed by atoms with E-state index in [1.54, 1.807) is 29.3 Å². The smallest absolute Gasteiger partial charge is 0.254 e. The van der Waals surface area contributed by atoms with E-state index < -0.39 is 11.2 Å². The Balaban J connectivity index is 1.27.